The molecule has 0 unspecified atom stereocenters. The smallest absolute Gasteiger partial charge is 0.0375 e. The molecule has 0 aromatic heterocycles. The van der Waals surface area contributed by atoms with E-state index in [4.69, 9.17) is 0 Å². The van der Waals surface area contributed by atoms with Gasteiger partial charge in [-0.05, 0) is 30.4 Å². The number of benzene rings is 1. The average molecular weight is 175 g/mol. The van der Waals surface area contributed by atoms with Crippen molar-refractivity contribution in [2.75, 3.05) is 11.9 Å². The van der Waals surface area contributed by atoms with Crippen LogP contribution in [0.2, 0.25) is 0 Å². The summed E-state index contributed by atoms with van der Waals surface area (Å²) in [7, 11) is 0. The molecule has 0 spiro atoms. The van der Waals surface area contributed by atoms with Gasteiger partial charge in [-0.15, -0.1) is 0 Å². The first kappa shape index (κ1) is 8.61. The highest BCUT2D eigenvalue weighted by molar-refractivity contribution is 5.54. The first-order valence-corrected chi connectivity index (χ1v) is 5.24. The van der Waals surface area contributed by atoms with Crippen LogP contribution in [0.25, 0.3) is 0 Å². The number of rotatable bonds is 2. The van der Waals surface area contributed by atoms with E-state index in [1.807, 2.05) is 0 Å². The maximum atomic E-state index is 3.45. The van der Waals surface area contributed by atoms with E-state index in [2.05, 4.69) is 36.5 Å². The van der Waals surface area contributed by atoms with Crippen molar-refractivity contribution in [1.82, 2.24) is 0 Å². The molecule has 0 amide bonds. The van der Waals surface area contributed by atoms with Crippen LogP contribution in [-0.2, 0) is 0 Å². The molecule has 1 N–H and O–H groups in total. The van der Waals surface area contributed by atoms with Crippen LogP contribution in [-0.4, -0.2) is 6.54 Å². The van der Waals surface area contributed by atoms with Crippen molar-refractivity contribution >= 4 is 5.69 Å². The van der Waals surface area contributed by atoms with Crippen molar-refractivity contribution in [1.29, 1.82) is 0 Å². The molecule has 70 valence electrons. The molecule has 0 fully saturated rings. The Morgan fingerprint density at radius 3 is 3.08 bits per heavy atom. The van der Waals surface area contributed by atoms with Gasteiger partial charge in [0, 0.05) is 12.2 Å². The molecule has 0 radical (unpaired) electrons. The van der Waals surface area contributed by atoms with E-state index >= 15 is 0 Å². The van der Waals surface area contributed by atoms with Gasteiger partial charge < -0.3 is 5.32 Å². The lowest BCUT2D eigenvalue weighted by Gasteiger charge is -2.26. The maximum absolute atomic E-state index is 3.45. The van der Waals surface area contributed by atoms with Gasteiger partial charge in [0.05, 0.1) is 0 Å². The summed E-state index contributed by atoms with van der Waals surface area (Å²) < 4.78 is 0. The second kappa shape index (κ2) is 3.82. The molecule has 1 atom stereocenters. The summed E-state index contributed by atoms with van der Waals surface area (Å²) in [4.78, 5) is 0. The predicted octanol–water partition coefficient (Wildman–Crippen LogP) is 3.39. The molecule has 0 saturated heterocycles. The van der Waals surface area contributed by atoms with E-state index in [9.17, 15) is 0 Å². The summed E-state index contributed by atoms with van der Waals surface area (Å²) in [5, 5.41) is 3.45. The lowest BCUT2D eigenvalue weighted by Crippen LogP contribution is -2.16. The summed E-state index contributed by atoms with van der Waals surface area (Å²) >= 11 is 0. The van der Waals surface area contributed by atoms with Crippen LogP contribution in [0.1, 0.15) is 37.7 Å². The molecule has 1 aliphatic rings. The second-order valence-corrected chi connectivity index (χ2v) is 3.79. The second-order valence-electron chi connectivity index (χ2n) is 3.79. The Kier molecular flexibility index (Phi) is 2.53. The highest BCUT2D eigenvalue weighted by atomic mass is 14.9. The Bertz CT molecular complexity index is 280. The Hall–Kier alpha value is -0.980. The topological polar surface area (TPSA) is 12.0 Å². The fourth-order valence-electron chi connectivity index (χ4n) is 2.20. The van der Waals surface area contributed by atoms with Gasteiger partial charge in [0.15, 0.2) is 0 Å². The molecule has 1 heteroatoms. The van der Waals surface area contributed by atoms with Crippen molar-refractivity contribution in [3.8, 4) is 0 Å². The van der Waals surface area contributed by atoms with Gasteiger partial charge in [-0.3, -0.25) is 0 Å². The van der Waals surface area contributed by atoms with E-state index in [1.54, 1.807) is 0 Å². The molecule has 0 aliphatic carbocycles. The molecular formula is C12H17N. The first-order chi connectivity index (χ1) is 6.42. The van der Waals surface area contributed by atoms with Crippen LogP contribution >= 0.6 is 0 Å². The number of anilines is 1. The third-order valence-electron chi connectivity index (χ3n) is 2.85. The molecule has 0 saturated carbocycles. The molecule has 0 bridgehead atoms. The molecule has 1 nitrogen and oxygen atoms in total. The Balaban J connectivity index is 2.26. The van der Waals surface area contributed by atoms with Gasteiger partial charge >= 0.3 is 0 Å². The van der Waals surface area contributed by atoms with Crippen molar-refractivity contribution in [3.05, 3.63) is 29.8 Å². The van der Waals surface area contributed by atoms with Crippen molar-refractivity contribution in [2.45, 2.75) is 32.1 Å². The predicted molar refractivity (Wildman–Crippen MR) is 57.2 cm³/mol. The normalized spacial score (nSPS) is 20.5. The van der Waals surface area contributed by atoms with E-state index in [1.165, 1.54) is 30.5 Å². The van der Waals surface area contributed by atoms with Gasteiger partial charge in [-0.25, -0.2) is 0 Å². The van der Waals surface area contributed by atoms with Crippen molar-refractivity contribution in [2.24, 2.45) is 0 Å². The zero-order chi connectivity index (χ0) is 9.10. The van der Waals surface area contributed by atoms with Crippen LogP contribution in [0.5, 0.6) is 0 Å². The van der Waals surface area contributed by atoms with E-state index in [0.717, 1.165) is 12.5 Å². The quantitative estimate of drug-likeness (QED) is 0.726. The van der Waals surface area contributed by atoms with E-state index in [-0.39, 0.29) is 0 Å². The van der Waals surface area contributed by atoms with Crippen LogP contribution < -0.4 is 5.32 Å². The lowest BCUT2D eigenvalue weighted by atomic mass is 9.88. The first-order valence-electron chi connectivity index (χ1n) is 5.24. The summed E-state index contributed by atoms with van der Waals surface area (Å²) in [6.45, 7) is 3.41. The fourth-order valence-corrected chi connectivity index (χ4v) is 2.20. The van der Waals surface area contributed by atoms with Gasteiger partial charge in [0.1, 0.15) is 0 Å². The third-order valence-corrected chi connectivity index (χ3v) is 2.85. The number of hydrogen-bond acceptors (Lipinski definition) is 1. The Morgan fingerprint density at radius 2 is 2.23 bits per heavy atom. The molecule has 1 aromatic carbocycles. The average Bonchev–Trinajstić information content (AvgIpc) is 2.19. The van der Waals surface area contributed by atoms with Gasteiger partial charge in [-0.2, -0.15) is 0 Å². The number of para-hydroxylation sites is 1. The molecule has 1 aliphatic heterocycles. The zero-order valence-electron chi connectivity index (χ0n) is 8.22. The molecule has 1 aromatic rings. The zero-order valence-corrected chi connectivity index (χ0v) is 8.22. The highest BCUT2D eigenvalue weighted by Crippen LogP contribution is 2.33. The van der Waals surface area contributed by atoms with E-state index < -0.39 is 0 Å². The summed E-state index contributed by atoms with van der Waals surface area (Å²) in [5.41, 5.74) is 2.88. The van der Waals surface area contributed by atoms with E-state index in [0.29, 0.717) is 0 Å². The third kappa shape index (κ3) is 1.69. The minimum Gasteiger partial charge on any atom is -0.385 e. The minimum atomic E-state index is 0.794. The number of nitrogens with one attached hydrogen (secondary N) is 1. The monoisotopic (exact) mass is 175 g/mol. The lowest BCUT2D eigenvalue weighted by molar-refractivity contribution is 0.570. The standard InChI is InChI=1S/C12H17N/c1-2-5-10-8-9-13-12-7-4-3-6-11(10)12/h3-4,6-7,10,13H,2,5,8-9H2,1H3/t10-/m1/s1. The molecule has 2 rings (SSSR count). The Labute approximate surface area is 80.2 Å². The Morgan fingerprint density at radius 1 is 1.38 bits per heavy atom. The van der Waals surface area contributed by atoms with Gasteiger partial charge in [0.2, 0.25) is 0 Å². The van der Waals surface area contributed by atoms with Crippen LogP contribution in [0.3, 0.4) is 0 Å². The highest BCUT2D eigenvalue weighted by Gasteiger charge is 2.17. The number of fused-ring (bicyclic) bond motifs is 1. The minimum absolute atomic E-state index is 0.794. The van der Waals surface area contributed by atoms with Crippen LogP contribution in [0.4, 0.5) is 5.69 Å². The molecular weight excluding hydrogens is 158 g/mol. The van der Waals surface area contributed by atoms with Crippen molar-refractivity contribution in [3.63, 3.8) is 0 Å². The summed E-state index contributed by atoms with van der Waals surface area (Å²) in [5.74, 6) is 0.794. The van der Waals surface area contributed by atoms with Crippen molar-refractivity contribution < 1.29 is 0 Å². The largest absolute Gasteiger partial charge is 0.385 e. The van der Waals surface area contributed by atoms with Gasteiger partial charge in [-0.1, -0.05) is 31.5 Å². The SMILES string of the molecule is CCC[C@@H]1CCNc2ccccc21. The maximum Gasteiger partial charge on any atom is 0.0375 e. The van der Waals surface area contributed by atoms with Gasteiger partial charge in [0.25, 0.3) is 0 Å². The van der Waals surface area contributed by atoms with Crippen LogP contribution in [0.15, 0.2) is 24.3 Å². The molecule has 1 heterocycles. The number of hydrogen-bond donors (Lipinski definition) is 1. The van der Waals surface area contributed by atoms with Crippen LogP contribution in [0, 0.1) is 0 Å². The molecule has 13 heavy (non-hydrogen) atoms. The fraction of sp³-hybridized carbons (Fsp3) is 0.500. The summed E-state index contributed by atoms with van der Waals surface area (Å²) in [6, 6.07) is 8.72. The summed E-state index contributed by atoms with van der Waals surface area (Å²) in [6.07, 6.45) is 3.92.